The van der Waals surface area contributed by atoms with Crippen LogP contribution in [0.2, 0.25) is 0 Å². The van der Waals surface area contributed by atoms with Crippen LogP contribution in [0.4, 0.5) is 0 Å². The molecule has 1 atom stereocenters. The Hall–Kier alpha value is -2.13. The highest BCUT2D eigenvalue weighted by molar-refractivity contribution is 7.17. The summed E-state index contributed by atoms with van der Waals surface area (Å²) in [6.45, 7) is 1.99. The van der Waals surface area contributed by atoms with Gasteiger partial charge in [0.1, 0.15) is 0 Å². The third-order valence-electron chi connectivity index (χ3n) is 3.73. The summed E-state index contributed by atoms with van der Waals surface area (Å²) in [5.41, 5.74) is 3.08. The molecule has 0 fully saturated rings. The SMILES string of the molecule is Cc1cccc(C(Cc2csc3ccccc23)C(=O)O)c1. The van der Waals surface area contributed by atoms with E-state index in [9.17, 15) is 9.90 Å². The van der Waals surface area contributed by atoms with Gasteiger partial charge in [-0.25, -0.2) is 0 Å². The quantitative estimate of drug-likeness (QED) is 0.762. The maximum atomic E-state index is 11.7. The summed E-state index contributed by atoms with van der Waals surface area (Å²) in [5.74, 6) is -1.27. The lowest BCUT2D eigenvalue weighted by molar-refractivity contribution is -0.138. The lowest BCUT2D eigenvalue weighted by Crippen LogP contribution is -2.14. The Kier molecular flexibility index (Phi) is 3.76. The first-order chi connectivity index (χ1) is 10.1. The lowest BCUT2D eigenvalue weighted by Gasteiger charge is -2.13. The van der Waals surface area contributed by atoms with Gasteiger partial charge in [-0.3, -0.25) is 4.79 Å². The molecular formula is C18H16O2S. The van der Waals surface area contributed by atoms with Crippen molar-refractivity contribution in [2.45, 2.75) is 19.3 Å². The molecule has 3 aromatic rings. The molecule has 0 spiro atoms. The monoisotopic (exact) mass is 296 g/mol. The van der Waals surface area contributed by atoms with E-state index in [0.29, 0.717) is 6.42 Å². The van der Waals surface area contributed by atoms with Crippen LogP contribution in [0.1, 0.15) is 22.6 Å². The first kappa shape index (κ1) is 13.8. The van der Waals surface area contributed by atoms with Crippen molar-refractivity contribution in [1.29, 1.82) is 0 Å². The van der Waals surface area contributed by atoms with Gasteiger partial charge < -0.3 is 5.11 Å². The minimum absolute atomic E-state index is 0.497. The second-order valence-corrected chi connectivity index (χ2v) is 6.18. The lowest BCUT2D eigenvalue weighted by atomic mass is 9.91. The van der Waals surface area contributed by atoms with E-state index in [0.717, 1.165) is 16.7 Å². The molecule has 0 saturated carbocycles. The zero-order chi connectivity index (χ0) is 14.8. The fourth-order valence-electron chi connectivity index (χ4n) is 2.65. The molecule has 106 valence electrons. The van der Waals surface area contributed by atoms with Crippen LogP contribution in [-0.4, -0.2) is 11.1 Å². The van der Waals surface area contributed by atoms with Crippen LogP contribution in [-0.2, 0) is 11.2 Å². The molecule has 0 bridgehead atoms. The van der Waals surface area contributed by atoms with Gasteiger partial charge in [-0.2, -0.15) is 0 Å². The molecule has 0 saturated heterocycles. The Morgan fingerprint density at radius 1 is 1.19 bits per heavy atom. The number of rotatable bonds is 4. The maximum Gasteiger partial charge on any atom is 0.311 e. The fraction of sp³-hybridized carbons (Fsp3) is 0.167. The van der Waals surface area contributed by atoms with Gasteiger partial charge in [0.05, 0.1) is 5.92 Å². The van der Waals surface area contributed by atoms with Crippen LogP contribution < -0.4 is 0 Å². The van der Waals surface area contributed by atoms with Gasteiger partial charge in [0.2, 0.25) is 0 Å². The second kappa shape index (κ2) is 5.70. The molecule has 1 aromatic heterocycles. The Labute approximate surface area is 127 Å². The summed E-state index contributed by atoms with van der Waals surface area (Å²) in [5, 5.41) is 12.8. The summed E-state index contributed by atoms with van der Waals surface area (Å²) in [6, 6.07) is 15.9. The molecule has 0 aliphatic rings. The Morgan fingerprint density at radius 2 is 2.00 bits per heavy atom. The number of aliphatic carboxylic acids is 1. The van der Waals surface area contributed by atoms with E-state index in [1.54, 1.807) is 11.3 Å². The number of carboxylic acids is 1. The van der Waals surface area contributed by atoms with Crippen LogP contribution in [0.15, 0.2) is 53.9 Å². The average Bonchev–Trinajstić information content (AvgIpc) is 2.87. The molecule has 1 unspecified atom stereocenters. The standard InChI is InChI=1S/C18H16O2S/c1-12-5-4-6-13(9-12)16(18(19)20)10-14-11-21-17-8-3-2-7-15(14)17/h2-9,11,16H,10H2,1H3,(H,19,20). The first-order valence-electron chi connectivity index (χ1n) is 6.89. The van der Waals surface area contributed by atoms with Crippen LogP contribution >= 0.6 is 11.3 Å². The molecular weight excluding hydrogens is 280 g/mol. The van der Waals surface area contributed by atoms with Crippen molar-refractivity contribution in [2.75, 3.05) is 0 Å². The van der Waals surface area contributed by atoms with E-state index in [1.807, 2.05) is 43.3 Å². The van der Waals surface area contributed by atoms with E-state index in [-0.39, 0.29) is 0 Å². The van der Waals surface area contributed by atoms with Gasteiger partial charge >= 0.3 is 5.97 Å². The normalized spacial score (nSPS) is 12.4. The zero-order valence-electron chi connectivity index (χ0n) is 11.7. The molecule has 0 aliphatic heterocycles. The van der Waals surface area contributed by atoms with Crippen molar-refractivity contribution in [3.8, 4) is 0 Å². The van der Waals surface area contributed by atoms with Crippen molar-refractivity contribution < 1.29 is 9.90 Å². The molecule has 2 nitrogen and oxygen atoms in total. The van der Waals surface area contributed by atoms with Crippen LogP contribution in [0, 0.1) is 6.92 Å². The molecule has 3 rings (SSSR count). The largest absolute Gasteiger partial charge is 0.481 e. The molecule has 1 heterocycles. The summed E-state index contributed by atoms with van der Waals surface area (Å²) in [6.07, 6.45) is 0.531. The van der Waals surface area contributed by atoms with E-state index in [4.69, 9.17) is 0 Å². The minimum Gasteiger partial charge on any atom is -0.481 e. The fourth-order valence-corrected chi connectivity index (χ4v) is 3.62. The highest BCUT2D eigenvalue weighted by Crippen LogP contribution is 2.30. The predicted molar refractivity (Wildman–Crippen MR) is 87.1 cm³/mol. The molecule has 0 radical (unpaired) electrons. The number of carboxylic acid groups (broad SMARTS) is 1. The van der Waals surface area contributed by atoms with Crippen molar-refractivity contribution in [1.82, 2.24) is 0 Å². The van der Waals surface area contributed by atoms with E-state index < -0.39 is 11.9 Å². The Balaban J connectivity index is 1.98. The summed E-state index contributed by atoms with van der Waals surface area (Å²) in [7, 11) is 0. The van der Waals surface area contributed by atoms with Gasteiger partial charge in [0.25, 0.3) is 0 Å². The Morgan fingerprint density at radius 3 is 2.76 bits per heavy atom. The number of hydrogen-bond donors (Lipinski definition) is 1. The number of benzene rings is 2. The highest BCUT2D eigenvalue weighted by atomic mass is 32.1. The number of thiophene rings is 1. The van der Waals surface area contributed by atoms with Gasteiger partial charge in [-0.15, -0.1) is 11.3 Å². The van der Waals surface area contributed by atoms with Crippen molar-refractivity contribution in [2.24, 2.45) is 0 Å². The first-order valence-corrected chi connectivity index (χ1v) is 7.77. The molecule has 0 aliphatic carbocycles. The average molecular weight is 296 g/mol. The summed E-state index contributed by atoms with van der Waals surface area (Å²) < 4.78 is 1.21. The topological polar surface area (TPSA) is 37.3 Å². The zero-order valence-corrected chi connectivity index (χ0v) is 12.6. The van der Waals surface area contributed by atoms with Gasteiger partial charge in [0, 0.05) is 4.70 Å². The summed E-state index contributed by atoms with van der Waals surface area (Å²) in [4.78, 5) is 11.7. The van der Waals surface area contributed by atoms with Crippen LogP contribution in [0.5, 0.6) is 0 Å². The number of carbonyl (C=O) groups is 1. The van der Waals surface area contributed by atoms with Crippen molar-refractivity contribution >= 4 is 27.4 Å². The van der Waals surface area contributed by atoms with E-state index in [1.165, 1.54) is 10.1 Å². The molecule has 1 N–H and O–H groups in total. The van der Waals surface area contributed by atoms with Gasteiger partial charge in [-0.1, -0.05) is 48.0 Å². The van der Waals surface area contributed by atoms with E-state index in [2.05, 4.69) is 17.5 Å². The summed E-state index contributed by atoms with van der Waals surface area (Å²) >= 11 is 1.67. The van der Waals surface area contributed by atoms with Crippen LogP contribution in [0.3, 0.4) is 0 Å². The number of hydrogen-bond acceptors (Lipinski definition) is 2. The highest BCUT2D eigenvalue weighted by Gasteiger charge is 2.21. The second-order valence-electron chi connectivity index (χ2n) is 5.27. The third-order valence-corrected chi connectivity index (χ3v) is 4.74. The molecule has 21 heavy (non-hydrogen) atoms. The van der Waals surface area contributed by atoms with E-state index >= 15 is 0 Å². The smallest absolute Gasteiger partial charge is 0.311 e. The number of aryl methyl sites for hydroxylation is 1. The molecule has 3 heteroatoms. The Bertz CT molecular complexity index is 789. The van der Waals surface area contributed by atoms with Crippen LogP contribution in [0.25, 0.3) is 10.1 Å². The molecule has 0 amide bonds. The maximum absolute atomic E-state index is 11.7. The van der Waals surface area contributed by atoms with Gasteiger partial charge in [-0.05, 0) is 41.3 Å². The van der Waals surface area contributed by atoms with Crippen molar-refractivity contribution in [3.05, 3.63) is 70.6 Å². The molecule has 2 aromatic carbocycles. The van der Waals surface area contributed by atoms with Gasteiger partial charge in [0.15, 0.2) is 0 Å². The third kappa shape index (κ3) is 2.83. The number of fused-ring (bicyclic) bond motifs is 1. The minimum atomic E-state index is -0.768. The van der Waals surface area contributed by atoms with Crippen molar-refractivity contribution in [3.63, 3.8) is 0 Å². The predicted octanol–water partition coefficient (Wildman–Crippen LogP) is 4.62.